The summed E-state index contributed by atoms with van der Waals surface area (Å²) in [7, 11) is 1.68. The summed E-state index contributed by atoms with van der Waals surface area (Å²) in [6.45, 7) is 6.19. The van der Waals surface area contributed by atoms with Gasteiger partial charge in [0.25, 0.3) is 0 Å². The predicted molar refractivity (Wildman–Crippen MR) is 65.7 cm³/mol. The van der Waals surface area contributed by atoms with Gasteiger partial charge in [0.1, 0.15) is 5.75 Å². The number of methoxy groups -OCH3 is 1. The molecule has 0 aromatic heterocycles. The highest BCUT2D eigenvalue weighted by Gasteiger charge is 2.16. The molecule has 1 unspecified atom stereocenters. The molecule has 0 saturated heterocycles. The molecule has 1 atom stereocenters. The van der Waals surface area contributed by atoms with Gasteiger partial charge in [-0.2, -0.15) is 0 Å². The Hall–Kier alpha value is -0.540. The maximum absolute atomic E-state index is 9.21. The van der Waals surface area contributed by atoms with Gasteiger partial charge in [-0.05, 0) is 36.6 Å². The van der Waals surface area contributed by atoms with Crippen molar-refractivity contribution >= 4 is 15.9 Å². The summed E-state index contributed by atoms with van der Waals surface area (Å²) >= 11 is 3.54. The quantitative estimate of drug-likeness (QED) is 0.916. The van der Waals surface area contributed by atoms with Gasteiger partial charge in [-0.3, -0.25) is 0 Å². The number of halogens is 1. The first-order valence-corrected chi connectivity index (χ1v) is 5.76. The minimum atomic E-state index is 0.119. The van der Waals surface area contributed by atoms with Gasteiger partial charge in [0.15, 0.2) is 0 Å². The molecule has 84 valence electrons. The van der Waals surface area contributed by atoms with Gasteiger partial charge in [0.2, 0.25) is 0 Å². The van der Waals surface area contributed by atoms with Crippen LogP contribution in [0.5, 0.6) is 5.75 Å². The number of aliphatic hydroxyl groups is 1. The second-order valence-electron chi connectivity index (χ2n) is 3.83. The molecular weight excluding hydrogens is 256 g/mol. The van der Waals surface area contributed by atoms with Crippen LogP contribution in [0.3, 0.4) is 0 Å². The SMILES string of the molecule is COc1c(C)cc(Br)c(C(C)CO)c1C. The Morgan fingerprint density at radius 3 is 2.53 bits per heavy atom. The van der Waals surface area contributed by atoms with E-state index >= 15 is 0 Å². The number of aliphatic hydroxyl groups excluding tert-OH is 1. The van der Waals surface area contributed by atoms with Crippen LogP contribution in [0.4, 0.5) is 0 Å². The van der Waals surface area contributed by atoms with E-state index in [0.29, 0.717) is 0 Å². The van der Waals surface area contributed by atoms with Gasteiger partial charge in [-0.1, -0.05) is 22.9 Å². The second-order valence-corrected chi connectivity index (χ2v) is 4.69. The predicted octanol–water partition coefficient (Wildman–Crippen LogP) is 3.17. The highest BCUT2D eigenvalue weighted by Crippen LogP contribution is 2.36. The van der Waals surface area contributed by atoms with Crippen molar-refractivity contribution in [3.63, 3.8) is 0 Å². The van der Waals surface area contributed by atoms with Crippen LogP contribution in [0.15, 0.2) is 10.5 Å². The summed E-state index contributed by atoms with van der Waals surface area (Å²) in [5.74, 6) is 1.03. The average Bonchev–Trinajstić information content (AvgIpc) is 2.17. The largest absolute Gasteiger partial charge is 0.496 e. The number of aryl methyl sites for hydroxylation is 1. The lowest BCUT2D eigenvalue weighted by molar-refractivity contribution is 0.272. The Morgan fingerprint density at radius 2 is 2.07 bits per heavy atom. The minimum Gasteiger partial charge on any atom is -0.496 e. The molecule has 0 amide bonds. The van der Waals surface area contributed by atoms with Crippen molar-refractivity contribution in [3.05, 3.63) is 27.2 Å². The molecule has 0 aliphatic carbocycles. The molecule has 1 aromatic rings. The highest BCUT2D eigenvalue weighted by atomic mass is 79.9. The Kier molecular flexibility index (Phi) is 4.17. The third-order valence-corrected chi connectivity index (χ3v) is 3.33. The van der Waals surface area contributed by atoms with Crippen molar-refractivity contribution in [2.24, 2.45) is 0 Å². The average molecular weight is 273 g/mol. The lowest BCUT2D eigenvalue weighted by atomic mass is 9.94. The van der Waals surface area contributed by atoms with Crippen LogP contribution in [0.1, 0.15) is 29.5 Å². The second kappa shape index (κ2) is 4.99. The Labute approximate surface area is 99.4 Å². The maximum Gasteiger partial charge on any atom is 0.125 e. The van der Waals surface area contributed by atoms with Crippen molar-refractivity contribution in [1.82, 2.24) is 0 Å². The van der Waals surface area contributed by atoms with Crippen molar-refractivity contribution in [2.45, 2.75) is 26.7 Å². The van der Waals surface area contributed by atoms with Crippen molar-refractivity contribution in [3.8, 4) is 5.75 Å². The van der Waals surface area contributed by atoms with E-state index in [0.717, 1.165) is 26.9 Å². The highest BCUT2D eigenvalue weighted by molar-refractivity contribution is 9.10. The van der Waals surface area contributed by atoms with Crippen LogP contribution < -0.4 is 4.74 Å². The Bertz CT molecular complexity index is 361. The van der Waals surface area contributed by atoms with Gasteiger partial charge in [-0.25, -0.2) is 0 Å². The van der Waals surface area contributed by atoms with Crippen molar-refractivity contribution in [2.75, 3.05) is 13.7 Å². The standard InChI is InChI=1S/C12H17BrO2/c1-7-5-10(13)11(8(2)6-14)9(3)12(7)15-4/h5,8,14H,6H2,1-4H3. The molecule has 0 spiro atoms. The number of rotatable bonds is 3. The van der Waals surface area contributed by atoms with Crippen LogP contribution in [0.2, 0.25) is 0 Å². The van der Waals surface area contributed by atoms with E-state index in [2.05, 4.69) is 15.9 Å². The van der Waals surface area contributed by atoms with Gasteiger partial charge < -0.3 is 9.84 Å². The molecule has 1 rings (SSSR count). The monoisotopic (exact) mass is 272 g/mol. The van der Waals surface area contributed by atoms with E-state index < -0.39 is 0 Å². The fourth-order valence-corrected chi connectivity index (χ4v) is 2.97. The lowest BCUT2D eigenvalue weighted by Gasteiger charge is -2.18. The first kappa shape index (κ1) is 12.5. The smallest absolute Gasteiger partial charge is 0.125 e. The Morgan fingerprint density at radius 1 is 1.47 bits per heavy atom. The lowest BCUT2D eigenvalue weighted by Crippen LogP contribution is -2.05. The number of hydrogen-bond acceptors (Lipinski definition) is 2. The molecule has 0 aliphatic heterocycles. The summed E-state index contributed by atoms with van der Waals surface area (Å²) in [4.78, 5) is 0. The zero-order valence-corrected chi connectivity index (χ0v) is 11.2. The summed E-state index contributed by atoms with van der Waals surface area (Å²) < 4.78 is 6.41. The molecule has 3 heteroatoms. The van der Waals surface area contributed by atoms with E-state index in [9.17, 15) is 5.11 Å². The van der Waals surface area contributed by atoms with Crippen LogP contribution in [-0.4, -0.2) is 18.8 Å². The molecule has 0 aliphatic rings. The molecule has 0 saturated carbocycles. The summed E-state index contributed by atoms with van der Waals surface area (Å²) in [5.41, 5.74) is 3.33. The van der Waals surface area contributed by atoms with Gasteiger partial charge in [0.05, 0.1) is 7.11 Å². The topological polar surface area (TPSA) is 29.5 Å². The molecule has 1 aromatic carbocycles. The van der Waals surface area contributed by atoms with Crippen LogP contribution in [0.25, 0.3) is 0 Å². The maximum atomic E-state index is 9.21. The Balaban J connectivity index is 3.38. The fraction of sp³-hybridized carbons (Fsp3) is 0.500. The zero-order valence-electron chi connectivity index (χ0n) is 9.60. The molecule has 2 nitrogen and oxygen atoms in total. The molecular formula is C12H17BrO2. The van der Waals surface area contributed by atoms with Crippen LogP contribution >= 0.6 is 15.9 Å². The third kappa shape index (κ3) is 2.34. The van der Waals surface area contributed by atoms with Crippen molar-refractivity contribution in [1.29, 1.82) is 0 Å². The van der Waals surface area contributed by atoms with Gasteiger partial charge in [0, 0.05) is 17.0 Å². The van der Waals surface area contributed by atoms with Crippen LogP contribution in [-0.2, 0) is 0 Å². The summed E-state index contributed by atoms with van der Waals surface area (Å²) in [6, 6.07) is 2.04. The third-order valence-electron chi connectivity index (χ3n) is 2.67. The van der Waals surface area contributed by atoms with Gasteiger partial charge in [-0.15, -0.1) is 0 Å². The minimum absolute atomic E-state index is 0.119. The summed E-state index contributed by atoms with van der Waals surface area (Å²) in [6.07, 6.45) is 0. The molecule has 1 N–H and O–H groups in total. The molecule has 15 heavy (non-hydrogen) atoms. The summed E-state index contributed by atoms with van der Waals surface area (Å²) in [5, 5.41) is 9.21. The van der Waals surface area contributed by atoms with E-state index in [1.807, 2.05) is 26.8 Å². The number of ether oxygens (including phenoxy) is 1. The number of hydrogen-bond donors (Lipinski definition) is 1. The van der Waals surface area contributed by atoms with Crippen LogP contribution in [0, 0.1) is 13.8 Å². The van der Waals surface area contributed by atoms with Gasteiger partial charge >= 0.3 is 0 Å². The van der Waals surface area contributed by atoms with E-state index in [1.165, 1.54) is 0 Å². The van der Waals surface area contributed by atoms with E-state index in [4.69, 9.17) is 4.74 Å². The van der Waals surface area contributed by atoms with E-state index in [-0.39, 0.29) is 12.5 Å². The fourth-order valence-electron chi connectivity index (χ4n) is 1.94. The molecule has 0 fully saturated rings. The molecule has 0 bridgehead atoms. The van der Waals surface area contributed by atoms with Crippen molar-refractivity contribution < 1.29 is 9.84 Å². The molecule has 0 radical (unpaired) electrons. The normalized spacial score (nSPS) is 12.7. The van der Waals surface area contributed by atoms with E-state index in [1.54, 1.807) is 7.11 Å². The molecule has 0 heterocycles. The zero-order chi connectivity index (χ0) is 11.6. The first-order valence-electron chi connectivity index (χ1n) is 4.97. The first-order chi connectivity index (χ1) is 7.02. The number of benzene rings is 1.